The Labute approximate surface area is 183 Å². The Balaban J connectivity index is 1.27. The minimum atomic E-state index is -2.86. The number of hydrazine groups is 1. The van der Waals surface area contributed by atoms with Crippen LogP contribution in [0.4, 0.5) is 8.78 Å². The molecule has 7 nitrogen and oxygen atoms in total. The molecule has 4 aliphatic heterocycles. The fourth-order valence-corrected chi connectivity index (χ4v) is 5.63. The van der Waals surface area contributed by atoms with E-state index in [2.05, 4.69) is 15.2 Å². The second-order valence-electron chi connectivity index (χ2n) is 9.46. The topological polar surface area (TPSA) is 77.2 Å². The predicted octanol–water partition coefficient (Wildman–Crippen LogP) is 1.81. The maximum atomic E-state index is 14.1. The Morgan fingerprint density at radius 3 is 2.61 bits per heavy atom. The van der Waals surface area contributed by atoms with Gasteiger partial charge >= 0.3 is 0 Å². The van der Waals surface area contributed by atoms with Crippen molar-refractivity contribution in [2.45, 2.75) is 63.6 Å². The highest BCUT2D eigenvalue weighted by atomic mass is 19.3. The van der Waals surface area contributed by atoms with Crippen LogP contribution in [0.2, 0.25) is 0 Å². The van der Waals surface area contributed by atoms with Crippen molar-refractivity contribution in [2.75, 3.05) is 39.3 Å². The molecule has 0 bridgehead atoms. The minimum Gasteiger partial charge on any atom is -0.369 e. The number of primary amides is 1. The number of alkyl halides is 2. The molecule has 0 radical (unpaired) electrons. The van der Waals surface area contributed by atoms with E-state index in [1.54, 1.807) is 17.3 Å². The molecule has 3 saturated heterocycles. The number of halogens is 2. The summed E-state index contributed by atoms with van der Waals surface area (Å²) in [5, 5.41) is 7.06. The van der Waals surface area contributed by atoms with Crippen molar-refractivity contribution in [3.63, 3.8) is 0 Å². The van der Waals surface area contributed by atoms with E-state index >= 15 is 0 Å². The van der Waals surface area contributed by atoms with Crippen molar-refractivity contribution in [3.05, 3.63) is 12.3 Å². The normalized spacial score (nSPS) is 30.9. The maximum absolute atomic E-state index is 14.1. The van der Waals surface area contributed by atoms with Crippen LogP contribution < -0.4 is 11.1 Å². The molecule has 0 aromatic heterocycles. The molecule has 0 aromatic rings. The third-order valence-electron chi connectivity index (χ3n) is 7.61. The number of nitrogens with two attached hydrogens (primary N) is 1. The Morgan fingerprint density at radius 2 is 1.94 bits per heavy atom. The quantitative estimate of drug-likeness (QED) is 0.566. The number of hydrogen-bond donors (Lipinski definition) is 2. The number of carbonyl (C=O) groups excluding carboxylic acids is 1. The van der Waals surface area contributed by atoms with Crippen molar-refractivity contribution in [1.29, 1.82) is 0 Å². The van der Waals surface area contributed by atoms with Gasteiger partial charge in [0.15, 0.2) is 11.6 Å². The van der Waals surface area contributed by atoms with Crippen LogP contribution in [0, 0.1) is 11.3 Å². The number of allylic oxidation sites excluding steroid dienone is 1. The molecular weight excluding hydrogens is 402 g/mol. The summed E-state index contributed by atoms with van der Waals surface area (Å²) in [5.74, 6) is -0.0886. The number of fused-ring (bicyclic) bond motifs is 1. The summed E-state index contributed by atoms with van der Waals surface area (Å²) < 4.78 is 28.1. The molecule has 4 aliphatic rings. The molecule has 2 atom stereocenters. The van der Waals surface area contributed by atoms with Gasteiger partial charge in [0.2, 0.25) is 5.91 Å². The van der Waals surface area contributed by atoms with Gasteiger partial charge < -0.3 is 16.0 Å². The molecule has 174 valence electrons. The largest absolute Gasteiger partial charge is 0.369 e. The molecule has 0 aromatic carbocycles. The van der Waals surface area contributed by atoms with Gasteiger partial charge in [0, 0.05) is 25.0 Å². The Bertz CT molecular complexity index is 675. The van der Waals surface area contributed by atoms with E-state index in [1.165, 1.54) is 38.3 Å². The number of nitrogens with zero attached hydrogens (tertiary/aromatic N) is 4. The summed E-state index contributed by atoms with van der Waals surface area (Å²) in [5.41, 5.74) is 3.53. The highest BCUT2D eigenvalue weighted by Crippen LogP contribution is 2.44. The first kappa shape index (κ1) is 22.6. The van der Waals surface area contributed by atoms with E-state index in [0.29, 0.717) is 0 Å². The third-order valence-corrected chi connectivity index (χ3v) is 7.61. The first-order valence-electron chi connectivity index (χ1n) is 11.8. The summed E-state index contributed by atoms with van der Waals surface area (Å²) in [6.07, 6.45) is 9.39. The zero-order valence-electron chi connectivity index (χ0n) is 18.3. The monoisotopic (exact) mass is 438 g/mol. The molecule has 31 heavy (non-hydrogen) atoms. The summed E-state index contributed by atoms with van der Waals surface area (Å²) in [6.45, 7) is 5.27. The van der Waals surface area contributed by atoms with Crippen molar-refractivity contribution >= 4 is 12.1 Å². The fraction of sp³-hybridized carbons (Fsp3) is 0.818. The number of aliphatic imine (C=N–C) groups is 1. The molecule has 1 amide bonds. The maximum Gasteiger partial charge on any atom is 0.258 e. The SMILES string of the molecule is NC(=O)C1(C(F)F)CN(C2CCN(CCCCC3CCNCC3)CC2)N2C=CC=NC21. The van der Waals surface area contributed by atoms with E-state index < -0.39 is 23.9 Å². The number of carbonyl (C=O) groups is 1. The molecule has 4 rings (SSSR count). The van der Waals surface area contributed by atoms with Gasteiger partial charge in [0.25, 0.3) is 6.43 Å². The van der Waals surface area contributed by atoms with Crippen molar-refractivity contribution in [2.24, 2.45) is 22.1 Å². The smallest absolute Gasteiger partial charge is 0.258 e. The number of likely N-dealkylation sites (tertiary alicyclic amines) is 1. The van der Waals surface area contributed by atoms with Gasteiger partial charge in [-0.2, -0.15) is 0 Å². The lowest BCUT2D eigenvalue weighted by Crippen LogP contribution is -2.52. The van der Waals surface area contributed by atoms with Gasteiger partial charge in [-0.05, 0) is 76.8 Å². The average Bonchev–Trinajstić information content (AvgIpc) is 3.15. The molecule has 0 saturated carbocycles. The Kier molecular flexibility index (Phi) is 7.23. The molecule has 4 heterocycles. The Hall–Kier alpha value is -1.58. The van der Waals surface area contributed by atoms with E-state index in [9.17, 15) is 13.6 Å². The molecule has 0 spiro atoms. The molecule has 0 aliphatic carbocycles. The molecule has 2 unspecified atom stereocenters. The zero-order valence-corrected chi connectivity index (χ0v) is 18.3. The number of nitrogens with one attached hydrogen (secondary N) is 1. The fourth-order valence-electron chi connectivity index (χ4n) is 5.63. The van der Waals surface area contributed by atoms with Crippen LogP contribution in [0.15, 0.2) is 17.3 Å². The predicted molar refractivity (Wildman–Crippen MR) is 117 cm³/mol. The third kappa shape index (κ3) is 4.64. The second kappa shape index (κ2) is 9.92. The number of amides is 1. The number of piperidine rings is 2. The zero-order chi connectivity index (χ0) is 21.8. The van der Waals surface area contributed by atoms with Crippen molar-refractivity contribution in [1.82, 2.24) is 20.2 Å². The average molecular weight is 439 g/mol. The lowest BCUT2D eigenvalue weighted by molar-refractivity contribution is -0.138. The van der Waals surface area contributed by atoms with Crippen LogP contribution in [-0.2, 0) is 4.79 Å². The van der Waals surface area contributed by atoms with Crippen LogP contribution >= 0.6 is 0 Å². The first-order chi connectivity index (χ1) is 15.0. The number of rotatable bonds is 8. The van der Waals surface area contributed by atoms with Crippen LogP contribution in [0.5, 0.6) is 0 Å². The Morgan fingerprint density at radius 1 is 1.19 bits per heavy atom. The summed E-state index contributed by atoms with van der Waals surface area (Å²) in [6, 6.07) is 0.117. The van der Waals surface area contributed by atoms with Gasteiger partial charge in [0.05, 0.1) is 0 Å². The van der Waals surface area contributed by atoms with Gasteiger partial charge in [-0.3, -0.25) is 14.8 Å². The molecule has 9 heteroatoms. The van der Waals surface area contributed by atoms with E-state index in [-0.39, 0.29) is 12.6 Å². The highest BCUT2D eigenvalue weighted by Gasteiger charge is 2.62. The van der Waals surface area contributed by atoms with E-state index in [0.717, 1.165) is 51.5 Å². The second-order valence-corrected chi connectivity index (χ2v) is 9.46. The number of hydrogen-bond acceptors (Lipinski definition) is 6. The van der Waals surface area contributed by atoms with E-state index in [4.69, 9.17) is 5.73 Å². The number of unbranched alkanes of at least 4 members (excludes halogenated alkanes) is 1. The summed E-state index contributed by atoms with van der Waals surface area (Å²) in [7, 11) is 0. The van der Waals surface area contributed by atoms with Crippen LogP contribution in [0.1, 0.15) is 44.9 Å². The first-order valence-corrected chi connectivity index (χ1v) is 11.8. The molecule has 3 N–H and O–H groups in total. The lowest BCUT2D eigenvalue weighted by Gasteiger charge is -2.41. The van der Waals surface area contributed by atoms with Gasteiger partial charge in [-0.1, -0.05) is 12.8 Å². The van der Waals surface area contributed by atoms with Crippen LogP contribution in [0.3, 0.4) is 0 Å². The van der Waals surface area contributed by atoms with Gasteiger partial charge in [-0.15, -0.1) is 0 Å². The summed E-state index contributed by atoms with van der Waals surface area (Å²) in [4.78, 5) is 18.8. The minimum absolute atomic E-state index is 0.0761. The molecular formula is C22H36F2N6O. The van der Waals surface area contributed by atoms with Crippen molar-refractivity contribution in [3.8, 4) is 0 Å². The molecule has 3 fully saturated rings. The van der Waals surface area contributed by atoms with Crippen molar-refractivity contribution < 1.29 is 13.6 Å². The summed E-state index contributed by atoms with van der Waals surface area (Å²) >= 11 is 0. The highest BCUT2D eigenvalue weighted by molar-refractivity contribution is 5.84. The van der Waals surface area contributed by atoms with Gasteiger partial charge in [-0.25, -0.2) is 13.8 Å². The van der Waals surface area contributed by atoms with Gasteiger partial charge in [0.1, 0.15) is 0 Å². The lowest BCUT2D eigenvalue weighted by atomic mass is 9.84. The standard InChI is InChI=1S/C22H36F2N6O/c23-19(24)22(20(25)31)16-30(29-13-3-9-27-21(22)29)18-7-14-28(15-8-18)12-2-1-4-17-5-10-26-11-6-17/h3,9,13,17-19,21,26H,1-2,4-8,10-12,14-16H2,(H2,25,31). The van der Waals surface area contributed by atoms with E-state index in [1.807, 2.05) is 5.01 Å². The van der Waals surface area contributed by atoms with Crippen LogP contribution in [0.25, 0.3) is 0 Å². The van der Waals surface area contributed by atoms with Crippen LogP contribution in [-0.4, -0.2) is 84.9 Å².